The smallest absolute Gasteiger partial charge is 0.173 e. The van der Waals surface area contributed by atoms with Crippen LogP contribution in [0.5, 0.6) is 0 Å². The highest BCUT2D eigenvalue weighted by Gasteiger charge is 2.29. The van der Waals surface area contributed by atoms with Crippen LogP contribution < -0.4 is 0 Å². The first-order chi connectivity index (χ1) is 8.74. The van der Waals surface area contributed by atoms with Gasteiger partial charge in [-0.3, -0.25) is 9.79 Å². The van der Waals surface area contributed by atoms with Gasteiger partial charge in [-0.1, -0.05) is 15.9 Å². The van der Waals surface area contributed by atoms with Crippen molar-refractivity contribution < 1.29 is 9.53 Å². The van der Waals surface area contributed by atoms with E-state index in [0.717, 1.165) is 41.6 Å². The molecule has 1 aromatic rings. The van der Waals surface area contributed by atoms with E-state index in [4.69, 9.17) is 4.74 Å². The number of carbonyl (C=O) groups is 1. The SMILES string of the molecule is O=C1c2ccc(Br)cc2N=CC1CC1CCCO1. The number of hydrogen-bond donors (Lipinski definition) is 0. The topological polar surface area (TPSA) is 38.7 Å². The predicted octanol–water partition coefficient (Wildman–Crippen LogP) is 3.53. The summed E-state index contributed by atoms with van der Waals surface area (Å²) >= 11 is 3.39. The highest BCUT2D eigenvalue weighted by atomic mass is 79.9. The van der Waals surface area contributed by atoms with E-state index in [1.54, 1.807) is 6.21 Å². The van der Waals surface area contributed by atoms with Crippen LogP contribution in [0.1, 0.15) is 29.6 Å². The highest BCUT2D eigenvalue weighted by Crippen LogP contribution is 2.31. The maximum atomic E-state index is 12.4. The fraction of sp³-hybridized carbons (Fsp3) is 0.429. The van der Waals surface area contributed by atoms with Crippen LogP contribution in [0.25, 0.3) is 0 Å². The second kappa shape index (κ2) is 4.94. The van der Waals surface area contributed by atoms with Gasteiger partial charge in [0.15, 0.2) is 5.78 Å². The van der Waals surface area contributed by atoms with E-state index >= 15 is 0 Å². The van der Waals surface area contributed by atoms with E-state index in [9.17, 15) is 4.79 Å². The molecule has 0 saturated carbocycles. The average Bonchev–Trinajstić information content (AvgIpc) is 2.85. The third kappa shape index (κ3) is 2.27. The van der Waals surface area contributed by atoms with Crippen molar-refractivity contribution in [2.45, 2.75) is 25.4 Å². The molecule has 94 valence electrons. The van der Waals surface area contributed by atoms with E-state index in [1.807, 2.05) is 18.2 Å². The normalized spacial score (nSPS) is 26.4. The number of halogens is 1. The lowest BCUT2D eigenvalue weighted by molar-refractivity contribution is 0.0800. The summed E-state index contributed by atoms with van der Waals surface area (Å²) in [5, 5.41) is 0. The summed E-state index contributed by atoms with van der Waals surface area (Å²) in [6, 6.07) is 5.62. The van der Waals surface area contributed by atoms with Gasteiger partial charge in [0.2, 0.25) is 0 Å². The molecule has 2 unspecified atom stereocenters. The van der Waals surface area contributed by atoms with E-state index in [1.165, 1.54) is 0 Å². The van der Waals surface area contributed by atoms with Crippen LogP contribution in [-0.4, -0.2) is 24.7 Å². The van der Waals surface area contributed by atoms with Crippen LogP contribution >= 0.6 is 15.9 Å². The van der Waals surface area contributed by atoms with Gasteiger partial charge < -0.3 is 4.74 Å². The second-order valence-electron chi connectivity index (χ2n) is 4.78. The lowest BCUT2D eigenvalue weighted by atomic mass is 9.90. The minimum absolute atomic E-state index is 0.123. The van der Waals surface area contributed by atoms with Gasteiger partial charge >= 0.3 is 0 Å². The Morgan fingerprint density at radius 3 is 3.11 bits per heavy atom. The maximum absolute atomic E-state index is 12.4. The van der Waals surface area contributed by atoms with Crippen LogP contribution in [0.4, 0.5) is 5.69 Å². The molecule has 0 radical (unpaired) electrons. The summed E-state index contributed by atoms with van der Waals surface area (Å²) in [6.07, 6.45) is 4.93. The van der Waals surface area contributed by atoms with E-state index < -0.39 is 0 Å². The van der Waals surface area contributed by atoms with Crippen molar-refractivity contribution in [2.24, 2.45) is 10.9 Å². The number of carbonyl (C=O) groups excluding carboxylic acids is 1. The maximum Gasteiger partial charge on any atom is 0.173 e. The molecule has 0 N–H and O–H groups in total. The van der Waals surface area contributed by atoms with Crippen LogP contribution in [0.15, 0.2) is 27.7 Å². The number of ether oxygens (including phenoxy) is 1. The molecule has 18 heavy (non-hydrogen) atoms. The molecule has 3 nitrogen and oxygen atoms in total. The van der Waals surface area contributed by atoms with Crippen molar-refractivity contribution >= 4 is 33.6 Å². The fourth-order valence-electron chi connectivity index (χ4n) is 2.54. The van der Waals surface area contributed by atoms with Gasteiger partial charge in [0.1, 0.15) is 0 Å². The molecule has 1 fully saturated rings. The van der Waals surface area contributed by atoms with Crippen LogP contribution in [0.3, 0.4) is 0 Å². The van der Waals surface area contributed by atoms with Gasteiger partial charge in [-0.2, -0.15) is 0 Å². The fourth-order valence-corrected chi connectivity index (χ4v) is 2.89. The Hall–Kier alpha value is -1.00. The summed E-state index contributed by atoms with van der Waals surface area (Å²) in [6.45, 7) is 0.826. The average molecular weight is 308 g/mol. The molecular formula is C14H14BrNO2. The number of hydrogen-bond acceptors (Lipinski definition) is 3. The highest BCUT2D eigenvalue weighted by molar-refractivity contribution is 9.10. The Morgan fingerprint density at radius 1 is 1.44 bits per heavy atom. The Kier molecular flexibility index (Phi) is 3.31. The summed E-state index contributed by atoms with van der Waals surface area (Å²) in [5.41, 5.74) is 1.49. The molecule has 0 bridgehead atoms. The van der Waals surface area contributed by atoms with Gasteiger partial charge in [0.25, 0.3) is 0 Å². The molecular weight excluding hydrogens is 294 g/mol. The first kappa shape index (κ1) is 12.1. The van der Waals surface area contributed by atoms with Crippen molar-refractivity contribution in [1.82, 2.24) is 0 Å². The molecule has 2 aliphatic heterocycles. The Balaban J connectivity index is 1.81. The van der Waals surface area contributed by atoms with Crippen molar-refractivity contribution in [2.75, 3.05) is 6.61 Å². The molecule has 0 spiro atoms. The third-order valence-electron chi connectivity index (χ3n) is 3.50. The lowest BCUT2D eigenvalue weighted by Gasteiger charge is -2.20. The largest absolute Gasteiger partial charge is 0.378 e. The van der Waals surface area contributed by atoms with Crippen LogP contribution in [-0.2, 0) is 4.74 Å². The van der Waals surface area contributed by atoms with Gasteiger partial charge in [-0.15, -0.1) is 0 Å². The van der Waals surface area contributed by atoms with E-state index in [0.29, 0.717) is 0 Å². The molecule has 2 heterocycles. The van der Waals surface area contributed by atoms with E-state index in [2.05, 4.69) is 20.9 Å². The predicted molar refractivity (Wildman–Crippen MR) is 73.7 cm³/mol. The molecule has 0 amide bonds. The Morgan fingerprint density at radius 2 is 2.33 bits per heavy atom. The number of nitrogens with zero attached hydrogens (tertiary/aromatic N) is 1. The van der Waals surface area contributed by atoms with Crippen molar-refractivity contribution in [3.05, 3.63) is 28.2 Å². The van der Waals surface area contributed by atoms with Crippen molar-refractivity contribution in [3.63, 3.8) is 0 Å². The lowest BCUT2D eigenvalue weighted by Crippen LogP contribution is -2.24. The van der Waals surface area contributed by atoms with Crippen LogP contribution in [0, 0.1) is 5.92 Å². The third-order valence-corrected chi connectivity index (χ3v) is 3.99. The zero-order chi connectivity index (χ0) is 12.5. The minimum atomic E-state index is -0.123. The molecule has 2 aliphatic rings. The summed E-state index contributed by atoms with van der Waals surface area (Å²) in [5.74, 6) is 0.0461. The summed E-state index contributed by atoms with van der Waals surface area (Å²) in [4.78, 5) is 16.8. The molecule has 4 heteroatoms. The number of rotatable bonds is 2. The standard InChI is InChI=1S/C14H14BrNO2/c15-10-3-4-12-13(7-10)16-8-9(14(12)17)6-11-2-1-5-18-11/h3-4,7-9,11H,1-2,5-6H2. The van der Waals surface area contributed by atoms with Gasteiger partial charge in [0.05, 0.1) is 17.7 Å². The monoisotopic (exact) mass is 307 g/mol. The first-order valence-corrected chi connectivity index (χ1v) is 7.03. The summed E-state index contributed by atoms with van der Waals surface area (Å²) in [7, 11) is 0. The van der Waals surface area contributed by atoms with Crippen molar-refractivity contribution in [3.8, 4) is 0 Å². The summed E-state index contributed by atoms with van der Waals surface area (Å²) < 4.78 is 6.54. The number of benzene rings is 1. The van der Waals surface area contributed by atoms with Crippen LogP contribution in [0.2, 0.25) is 0 Å². The van der Waals surface area contributed by atoms with E-state index in [-0.39, 0.29) is 17.8 Å². The number of aliphatic imine (C=N–C) groups is 1. The molecule has 0 aliphatic carbocycles. The van der Waals surface area contributed by atoms with Crippen molar-refractivity contribution in [1.29, 1.82) is 0 Å². The molecule has 3 rings (SSSR count). The number of fused-ring (bicyclic) bond motifs is 1. The first-order valence-electron chi connectivity index (χ1n) is 6.23. The molecule has 0 aromatic heterocycles. The zero-order valence-electron chi connectivity index (χ0n) is 9.93. The van der Waals surface area contributed by atoms with Gasteiger partial charge in [-0.25, -0.2) is 0 Å². The minimum Gasteiger partial charge on any atom is -0.378 e. The number of ketones is 1. The molecule has 1 aromatic carbocycles. The quantitative estimate of drug-likeness (QED) is 0.838. The Labute approximate surface area is 114 Å². The zero-order valence-corrected chi connectivity index (χ0v) is 11.5. The molecule has 1 saturated heterocycles. The molecule has 2 atom stereocenters. The van der Waals surface area contributed by atoms with Gasteiger partial charge in [-0.05, 0) is 37.5 Å². The van der Waals surface area contributed by atoms with Gasteiger partial charge in [0, 0.05) is 22.9 Å². The second-order valence-corrected chi connectivity index (χ2v) is 5.70. The Bertz CT molecular complexity index is 507. The number of Topliss-reactive ketones (excluding diaryl/α,β-unsaturated/α-hetero) is 1.